The van der Waals surface area contributed by atoms with Crippen molar-refractivity contribution in [2.45, 2.75) is 13.0 Å². The van der Waals surface area contributed by atoms with E-state index in [4.69, 9.17) is 9.72 Å². The molecule has 0 unspecified atom stereocenters. The number of fused-ring (bicyclic) bond motifs is 1. The van der Waals surface area contributed by atoms with E-state index in [9.17, 15) is 4.79 Å². The zero-order valence-electron chi connectivity index (χ0n) is 19.1. The van der Waals surface area contributed by atoms with Crippen LogP contribution in [0.3, 0.4) is 0 Å². The van der Waals surface area contributed by atoms with Crippen LogP contribution in [0.4, 0.5) is 15.9 Å². The number of ether oxygens (including phenoxy) is 1. The van der Waals surface area contributed by atoms with E-state index in [1.54, 1.807) is 30.3 Å². The molecule has 2 saturated heterocycles. The van der Waals surface area contributed by atoms with Crippen LogP contribution in [0.25, 0.3) is 22.3 Å². The molecule has 3 aromatic rings. The monoisotopic (exact) mass is 465 g/mol. The van der Waals surface area contributed by atoms with Gasteiger partial charge in [0.2, 0.25) is 5.91 Å². The summed E-state index contributed by atoms with van der Waals surface area (Å²) in [6.45, 7) is 6.83. The second-order valence-electron chi connectivity index (χ2n) is 8.52. The van der Waals surface area contributed by atoms with Crippen molar-refractivity contribution in [2.75, 3.05) is 62.6 Å². The summed E-state index contributed by atoms with van der Waals surface area (Å²) >= 11 is 0. The molecule has 9 nitrogen and oxygen atoms in total. The molecule has 1 aromatic carbocycles. The Hall–Kier alpha value is -3.37. The maximum Gasteiger partial charge on any atom is 0.219 e. The van der Waals surface area contributed by atoms with Crippen LogP contribution in [0.5, 0.6) is 0 Å². The molecule has 1 amide bonds. The largest absolute Gasteiger partial charge is 0.374 e. The highest BCUT2D eigenvalue weighted by atomic mass is 19.1. The van der Waals surface area contributed by atoms with Crippen LogP contribution >= 0.6 is 0 Å². The Morgan fingerprint density at radius 3 is 2.76 bits per heavy atom. The fourth-order valence-electron chi connectivity index (χ4n) is 4.39. The van der Waals surface area contributed by atoms with Crippen molar-refractivity contribution in [1.29, 1.82) is 0 Å². The molecule has 4 heterocycles. The first kappa shape index (κ1) is 22.4. The second-order valence-corrected chi connectivity index (χ2v) is 8.52. The van der Waals surface area contributed by atoms with Gasteiger partial charge in [-0.2, -0.15) is 0 Å². The van der Waals surface area contributed by atoms with Gasteiger partial charge in [0.1, 0.15) is 11.3 Å². The molecule has 0 radical (unpaired) electrons. The zero-order chi connectivity index (χ0) is 23.5. The van der Waals surface area contributed by atoms with E-state index < -0.39 is 0 Å². The molecule has 2 aromatic heterocycles. The number of piperazine rings is 1. The summed E-state index contributed by atoms with van der Waals surface area (Å²) in [6.07, 6.45) is 3.30. The molecule has 2 N–H and O–H groups in total. The molecule has 2 aliphatic heterocycles. The van der Waals surface area contributed by atoms with E-state index in [2.05, 4.69) is 20.6 Å². The highest BCUT2D eigenvalue weighted by Gasteiger charge is 2.22. The Morgan fingerprint density at radius 2 is 2.03 bits per heavy atom. The van der Waals surface area contributed by atoms with Gasteiger partial charge in [-0.15, -0.1) is 0 Å². The summed E-state index contributed by atoms with van der Waals surface area (Å²) in [4.78, 5) is 29.0. The van der Waals surface area contributed by atoms with Crippen LogP contribution < -0.4 is 15.5 Å². The van der Waals surface area contributed by atoms with Gasteiger partial charge >= 0.3 is 0 Å². The number of pyridine rings is 1. The highest BCUT2D eigenvalue weighted by molar-refractivity contribution is 5.88. The number of benzene rings is 1. The molecule has 0 bridgehead atoms. The number of nitrogens with zero attached hydrogens (tertiary/aromatic N) is 5. The number of amides is 1. The Morgan fingerprint density at radius 1 is 1.21 bits per heavy atom. The van der Waals surface area contributed by atoms with Gasteiger partial charge in [-0.05, 0) is 18.2 Å². The molecule has 2 fully saturated rings. The summed E-state index contributed by atoms with van der Waals surface area (Å²) in [5.41, 5.74) is 3.16. The third kappa shape index (κ3) is 4.78. The maximum atomic E-state index is 15.2. The fourth-order valence-corrected chi connectivity index (χ4v) is 4.39. The van der Waals surface area contributed by atoms with Gasteiger partial charge in [-0.1, -0.05) is 6.07 Å². The molecule has 10 heteroatoms. The van der Waals surface area contributed by atoms with E-state index in [1.807, 2.05) is 17.0 Å². The first-order valence-corrected chi connectivity index (χ1v) is 11.6. The van der Waals surface area contributed by atoms with Crippen LogP contribution in [0.15, 0.2) is 36.7 Å². The number of morpholine rings is 1. The highest BCUT2D eigenvalue weighted by Crippen LogP contribution is 2.29. The SMILES string of the molecule is CC(=O)N1CCN(c2ccc(-c3cc4nccnc4c(NC[C@@H]4CNCCO4)n3)cc2F)CC1. The first-order chi connectivity index (χ1) is 16.6. The lowest BCUT2D eigenvalue weighted by molar-refractivity contribution is -0.129. The Kier molecular flexibility index (Phi) is 6.50. The third-order valence-electron chi connectivity index (χ3n) is 6.27. The van der Waals surface area contributed by atoms with Gasteiger partial charge in [0.15, 0.2) is 5.82 Å². The van der Waals surface area contributed by atoms with Crippen LogP contribution in [0, 0.1) is 5.82 Å². The number of anilines is 2. The quantitative estimate of drug-likeness (QED) is 0.590. The molecule has 0 spiro atoms. The van der Waals surface area contributed by atoms with Crippen LogP contribution in [0.1, 0.15) is 6.92 Å². The first-order valence-electron chi connectivity index (χ1n) is 11.6. The standard InChI is InChI=1S/C24H28FN7O2/c1-16(33)31-7-9-32(10-8-31)22-3-2-17(12-19(22)25)20-13-21-23(28-5-4-27-21)24(30-20)29-15-18-14-26-6-11-34-18/h2-5,12-13,18,26H,6-11,14-15H2,1H3,(H,29,30)/t18-/m0/s1. The number of nitrogens with one attached hydrogen (secondary N) is 2. The van der Waals surface area contributed by atoms with Gasteiger partial charge in [0.05, 0.1) is 29.6 Å². The van der Waals surface area contributed by atoms with Crippen LogP contribution in [0.2, 0.25) is 0 Å². The van der Waals surface area contributed by atoms with E-state index >= 15 is 4.39 Å². The smallest absolute Gasteiger partial charge is 0.219 e. The van der Waals surface area contributed by atoms with E-state index in [-0.39, 0.29) is 17.8 Å². The molecular formula is C24H28FN7O2. The Labute approximate surface area is 197 Å². The lowest BCUT2D eigenvalue weighted by Crippen LogP contribution is -2.48. The Bertz CT molecular complexity index is 1180. The number of aromatic nitrogens is 3. The second kappa shape index (κ2) is 9.86. The summed E-state index contributed by atoms with van der Waals surface area (Å²) in [5.74, 6) is 0.335. The van der Waals surface area contributed by atoms with Gasteiger partial charge in [0.25, 0.3) is 0 Å². The normalized spacial score (nSPS) is 18.8. The predicted octanol–water partition coefficient (Wildman–Crippen LogP) is 1.90. The van der Waals surface area contributed by atoms with Gasteiger partial charge in [-0.25, -0.2) is 14.4 Å². The lowest BCUT2D eigenvalue weighted by atomic mass is 10.1. The minimum absolute atomic E-state index is 0.0334. The summed E-state index contributed by atoms with van der Waals surface area (Å²) in [6, 6.07) is 6.99. The van der Waals surface area contributed by atoms with Crippen LogP contribution in [-0.4, -0.2) is 84.3 Å². The van der Waals surface area contributed by atoms with Crippen molar-refractivity contribution >= 4 is 28.4 Å². The number of carbonyl (C=O) groups excluding carboxylic acids is 1. The number of rotatable bonds is 5. The van der Waals surface area contributed by atoms with Crippen LogP contribution in [-0.2, 0) is 9.53 Å². The molecule has 1 atom stereocenters. The number of hydrogen-bond acceptors (Lipinski definition) is 8. The van der Waals surface area contributed by atoms with Crippen molar-refractivity contribution in [3.05, 3.63) is 42.5 Å². The number of carbonyl (C=O) groups is 1. The number of hydrogen-bond donors (Lipinski definition) is 2. The maximum absolute atomic E-state index is 15.2. The average molecular weight is 466 g/mol. The van der Waals surface area contributed by atoms with Crippen molar-refractivity contribution in [3.63, 3.8) is 0 Å². The minimum atomic E-state index is -0.314. The van der Waals surface area contributed by atoms with Crippen molar-refractivity contribution < 1.29 is 13.9 Å². The van der Waals surface area contributed by atoms with Crippen molar-refractivity contribution in [2.24, 2.45) is 0 Å². The fraction of sp³-hybridized carbons (Fsp3) is 0.417. The predicted molar refractivity (Wildman–Crippen MR) is 128 cm³/mol. The molecule has 2 aliphatic rings. The minimum Gasteiger partial charge on any atom is -0.374 e. The molecule has 0 aliphatic carbocycles. The van der Waals surface area contributed by atoms with Gasteiger partial charge < -0.3 is 25.2 Å². The zero-order valence-corrected chi connectivity index (χ0v) is 19.1. The van der Waals surface area contributed by atoms with Gasteiger partial charge in [-0.3, -0.25) is 9.78 Å². The molecule has 178 valence electrons. The molecular weight excluding hydrogens is 437 g/mol. The van der Waals surface area contributed by atoms with Gasteiger partial charge in [0, 0.05) is 70.7 Å². The Balaban J connectivity index is 1.39. The van der Waals surface area contributed by atoms with Crippen molar-refractivity contribution in [1.82, 2.24) is 25.2 Å². The molecule has 0 saturated carbocycles. The lowest BCUT2D eigenvalue weighted by Gasteiger charge is -2.35. The topological polar surface area (TPSA) is 95.5 Å². The molecule has 34 heavy (non-hydrogen) atoms. The molecule has 5 rings (SSSR count). The van der Waals surface area contributed by atoms with Crippen molar-refractivity contribution in [3.8, 4) is 11.3 Å². The van der Waals surface area contributed by atoms with E-state index in [0.717, 1.165) is 13.1 Å². The average Bonchev–Trinajstić information content (AvgIpc) is 2.87. The van der Waals surface area contributed by atoms with E-state index in [1.165, 1.54) is 6.07 Å². The summed E-state index contributed by atoms with van der Waals surface area (Å²) in [7, 11) is 0. The number of halogens is 1. The summed E-state index contributed by atoms with van der Waals surface area (Å²) in [5, 5.41) is 6.66. The van der Waals surface area contributed by atoms with E-state index in [0.29, 0.717) is 73.1 Å². The summed E-state index contributed by atoms with van der Waals surface area (Å²) < 4.78 is 20.9. The third-order valence-corrected chi connectivity index (χ3v) is 6.27.